The van der Waals surface area contributed by atoms with Crippen LogP contribution in [-0.4, -0.2) is 50.4 Å². The molecule has 19 nitrogen and oxygen atoms in total. The number of nitrogens with one attached hydrogen (secondary N) is 1. The zero-order valence-corrected chi connectivity index (χ0v) is 39.8. The number of nitro benzene ring substituents is 2. The summed E-state index contributed by atoms with van der Waals surface area (Å²) in [6.07, 6.45) is 0. The van der Waals surface area contributed by atoms with Gasteiger partial charge in [0.05, 0.1) is 23.0 Å². The van der Waals surface area contributed by atoms with Crippen molar-refractivity contribution in [2.24, 2.45) is 20.5 Å². The van der Waals surface area contributed by atoms with E-state index in [0.717, 1.165) is 16.8 Å². The van der Waals surface area contributed by atoms with Crippen LogP contribution in [0.5, 0.6) is 28.7 Å². The molecule has 310 valence electrons. The zero-order chi connectivity index (χ0) is 43.3. The van der Waals surface area contributed by atoms with E-state index in [1.807, 2.05) is 24.3 Å². The predicted octanol–water partition coefficient (Wildman–Crippen LogP) is 4.81. The molecule has 7 rings (SSSR count). The van der Waals surface area contributed by atoms with Crippen molar-refractivity contribution in [2.75, 3.05) is 12.4 Å². The third-order valence-electron chi connectivity index (χ3n) is 8.50. The molecular formula is C39H28ClCrN7Na2O12S+2. The molecule has 0 aliphatic carbocycles. The van der Waals surface area contributed by atoms with Gasteiger partial charge in [0.15, 0.2) is 5.75 Å². The minimum absolute atomic E-state index is 0. The summed E-state index contributed by atoms with van der Waals surface area (Å²) in [6, 6.07) is 29.0. The molecule has 24 heteroatoms. The molecule has 0 aliphatic heterocycles. The number of fused-ring (bicyclic) bond motifs is 2. The average molecular weight is 952 g/mol. The van der Waals surface area contributed by atoms with E-state index in [9.17, 15) is 53.6 Å². The van der Waals surface area contributed by atoms with Gasteiger partial charge in [0.2, 0.25) is 5.75 Å². The Kier molecular flexibility index (Phi) is 18.4. The monoisotopic (exact) mass is 951 g/mol. The smallest absolute Gasteiger partial charge is 0.506 e. The molecule has 0 heterocycles. The number of benzene rings is 7. The fourth-order valence-electron chi connectivity index (χ4n) is 5.61. The summed E-state index contributed by atoms with van der Waals surface area (Å²) in [7, 11) is -3.49. The van der Waals surface area contributed by atoms with E-state index >= 15 is 0 Å². The van der Waals surface area contributed by atoms with Crippen molar-refractivity contribution in [1.29, 1.82) is 0 Å². The maximum atomic E-state index is 12.1. The number of aromatic hydroxyl groups is 4. The van der Waals surface area contributed by atoms with Crippen molar-refractivity contribution >= 4 is 88.8 Å². The number of nitro groups is 2. The minimum atomic E-state index is -5.01. The molecule has 6 N–H and O–H groups in total. The molecule has 0 fully saturated rings. The first-order valence-corrected chi connectivity index (χ1v) is 18.7. The molecule has 0 aliphatic rings. The molecule has 0 amide bonds. The Morgan fingerprint density at radius 1 is 0.651 bits per heavy atom. The summed E-state index contributed by atoms with van der Waals surface area (Å²) in [5, 5.41) is 83.6. The van der Waals surface area contributed by atoms with Crippen molar-refractivity contribution in [3.05, 3.63) is 141 Å². The number of ether oxygens (including phenoxy) is 1. The Hall–Kier alpha value is -5.41. The Labute approximate surface area is 416 Å². The molecule has 0 unspecified atom stereocenters. The van der Waals surface area contributed by atoms with E-state index in [1.165, 1.54) is 31.4 Å². The number of azo groups is 2. The largest absolute Gasteiger partial charge is 1.00 e. The third kappa shape index (κ3) is 12.4. The third-order valence-corrected chi connectivity index (χ3v) is 9.60. The van der Waals surface area contributed by atoms with Crippen molar-refractivity contribution in [3.63, 3.8) is 0 Å². The minimum Gasteiger partial charge on any atom is -0.506 e. The van der Waals surface area contributed by atoms with Crippen LogP contribution in [0.1, 0.15) is 0 Å². The Morgan fingerprint density at radius 2 is 1.29 bits per heavy atom. The summed E-state index contributed by atoms with van der Waals surface area (Å²) < 4.78 is 39.2. The summed E-state index contributed by atoms with van der Waals surface area (Å²) in [6.45, 7) is 0. The first kappa shape index (κ1) is 51.9. The van der Waals surface area contributed by atoms with Crippen LogP contribution in [0.2, 0.25) is 5.02 Å². The summed E-state index contributed by atoms with van der Waals surface area (Å²) in [4.78, 5) is 19.4. The van der Waals surface area contributed by atoms with Gasteiger partial charge in [0.1, 0.15) is 44.9 Å². The fourth-order valence-corrected chi connectivity index (χ4v) is 6.43. The quantitative estimate of drug-likeness (QED) is 0.0353. The molecule has 0 saturated carbocycles. The number of nitrogens with zero attached hydrogens (tertiary/aromatic N) is 6. The second-order valence-electron chi connectivity index (χ2n) is 12.4. The Balaban J connectivity index is 0.000000373. The van der Waals surface area contributed by atoms with Crippen LogP contribution in [0.4, 0.5) is 45.5 Å². The molecule has 7 aromatic carbocycles. The van der Waals surface area contributed by atoms with Crippen LogP contribution in [0.15, 0.2) is 141 Å². The summed E-state index contributed by atoms with van der Waals surface area (Å²) in [5.74, 6) is -1.19. The van der Waals surface area contributed by atoms with E-state index in [1.54, 1.807) is 48.5 Å². The van der Waals surface area contributed by atoms with Crippen molar-refractivity contribution in [2.45, 2.75) is 4.90 Å². The van der Waals surface area contributed by atoms with Gasteiger partial charge in [0, 0.05) is 50.6 Å². The van der Waals surface area contributed by atoms with E-state index in [0.29, 0.717) is 40.0 Å². The fraction of sp³-hybridized carbons (Fsp3) is 0.0256. The first-order valence-electron chi connectivity index (χ1n) is 16.9. The molecule has 0 spiro atoms. The number of anilines is 2. The summed E-state index contributed by atoms with van der Waals surface area (Å²) >= 11 is 5.86. The van der Waals surface area contributed by atoms with E-state index in [4.69, 9.17) is 16.3 Å². The number of halogens is 1. The number of rotatable bonds is 10. The first-order chi connectivity index (χ1) is 28.5. The number of hydrogen-bond donors (Lipinski definition) is 6. The average Bonchev–Trinajstić information content (AvgIpc) is 3.21. The van der Waals surface area contributed by atoms with Crippen LogP contribution in [0.3, 0.4) is 0 Å². The van der Waals surface area contributed by atoms with Gasteiger partial charge in [-0.05, 0) is 83.6 Å². The van der Waals surface area contributed by atoms with Crippen molar-refractivity contribution in [1.82, 2.24) is 0 Å². The predicted molar refractivity (Wildman–Crippen MR) is 220 cm³/mol. The van der Waals surface area contributed by atoms with Crippen LogP contribution >= 0.6 is 11.6 Å². The second kappa shape index (κ2) is 22.3. The van der Waals surface area contributed by atoms with E-state index < -0.39 is 59.1 Å². The summed E-state index contributed by atoms with van der Waals surface area (Å²) in [5.41, 5.74) is -1.61. The number of methoxy groups -OCH3 is 1. The number of phenols is 4. The Morgan fingerprint density at radius 3 is 1.94 bits per heavy atom. The van der Waals surface area contributed by atoms with Crippen molar-refractivity contribution in [3.8, 4) is 28.7 Å². The van der Waals surface area contributed by atoms with Gasteiger partial charge >= 0.3 is 64.8 Å². The standard InChI is InChI=1S/C23H17N5O10S.C16H11ClN2O2.Cr.2Na/c1-38-16-5-2-13(3-6-16)24-14-4-7-17-12(8-14)9-20(39(35,36)37)21(22(17)29)26-25-18-10-15(27(31)32)11-19(23(18)30)28(33)34;17-11-6-8-14(20)13(9-11)18-19-16-12-4-2-1-3-10(12)5-7-15(16)21;;;/h2-11,24,29-30H,1H3,(H,35,36,37);1-9,20-21H;;;/q;;;2*+1. The second-order valence-corrected chi connectivity index (χ2v) is 14.2. The van der Waals surface area contributed by atoms with Crippen molar-refractivity contribution < 1.29 is 124 Å². The molecule has 0 radical (unpaired) electrons. The zero-order valence-electron chi connectivity index (χ0n) is 32.9. The molecule has 63 heavy (non-hydrogen) atoms. The van der Waals surface area contributed by atoms with Gasteiger partial charge in [-0.1, -0.05) is 41.9 Å². The number of hydrogen-bond acceptors (Lipinski definition) is 16. The van der Waals surface area contributed by atoms with Gasteiger partial charge in [-0.2, -0.15) is 8.42 Å². The molecule has 0 bridgehead atoms. The van der Waals surface area contributed by atoms with Crippen LogP contribution in [0, 0.1) is 20.2 Å². The van der Waals surface area contributed by atoms with Gasteiger partial charge in [-0.15, -0.1) is 20.5 Å². The molecule has 0 saturated heterocycles. The van der Waals surface area contributed by atoms with E-state index in [2.05, 4.69) is 25.8 Å². The van der Waals surface area contributed by atoms with Crippen LogP contribution in [0.25, 0.3) is 21.5 Å². The number of phenolic OH excluding ortho intramolecular Hbond substituents is 4. The molecule has 0 aromatic heterocycles. The maximum Gasteiger partial charge on any atom is 1.00 e. The normalized spacial score (nSPS) is 10.9. The maximum absolute atomic E-state index is 12.1. The Bertz CT molecular complexity index is 3020. The van der Waals surface area contributed by atoms with Gasteiger partial charge in [0.25, 0.3) is 15.8 Å². The molecular weight excluding hydrogens is 924 g/mol. The van der Waals surface area contributed by atoms with E-state index in [-0.39, 0.29) is 104 Å². The topological polar surface area (TPSA) is 292 Å². The van der Waals surface area contributed by atoms with Gasteiger partial charge in [-0.25, -0.2) is 0 Å². The number of non-ortho nitro benzene ring substituents is 1. The SMILES string of the molecule is COc1ccc(Nc2ccc3c(O)c(N=Nc4cc([N+](=O)[O-])cc([N+](=O)[O-])c4O)c(S(=O)(=O)O)cc3c2)cc1.Oc1ccc(Cl)cc1N=Nc1c(O)ccc2ccccc12.[Cr].[Na+].[Na+]. The van der Waals surface area contributed by atoms with Crippen LogP contribution in [-0.2, 0) is 27.5 Å². The molecule has 0 atom stereocenters. The van der Waals surface area contributed by atoms with Crippen LogP contribution < -0.4 is 69.2 Å². The van der Waals surface area contributed by atoms with Gasteiger partial charge in [-0.3, -0.25) is 24.8 Å². The van der Waals surface area contributed by atoms with Gasteiger partial charge < -0.3 is 30.5 Å². The molecule has 7 aromatic rings.